The van der Waals surface area contributed by atoms with Gasteiger partial charge >= 0.3 is 18.5 Å². The number of benzene rings is 3. The fourth-order valence-electron chi connectivity index (χ4n) is 9.36. The first-order valence-electron chi connectivity index (χ1n) is 19.0. The second-order valence-corrected chi connectivity index (χ2v) is 16.4. The summed E-state index contributed by atoms with van der Waals surface area (Å²) in [6.45, 7) is 0. The van der Waals surface area contributed by atoms with Crippen LogP contribution in [0.2, 0.25) is 10.0 Å². The third-order valence-electron chi connectivity index (χ3n) is 12.1. The zero-order chi connectivity index (χ0) is 46.4. The number of alkyl halides is 9. The highest BCUT2D eigenvalue weighted by molar-refractivity contribution is 6.33. The van der Waals surface area contributed by atoms with Gasteiger partial charge in [0, 0.05) is 17.1 Å². The summed E-state index contributed by atoms with van der Waals surface area (Å²) in [5, 5.41) is 10.4. The summed E-state index contributed by atoms with van der Waals surface area (Å²) in [7, 11) is 1.30. The minimum absolute atomic E-state index is 0.0514. The monoisotopic (exact) mass is 938 g/mol. The molecule has 0 radical (unpaired) electrons. The third kappa shape index (κ3) is 7.31. The molecule has 2 aliphatic heterocycles. The molecule has 1 saturated carbocycles. The molecule has 0 spiro atoms. The molecule has 0 bridgehead atoms. The molecule has 334 valence electrons. The summed E-state index contributed by atoms with van der Waals surface area (Å²) in [5.41, 5.74) is -4.33. The van der Waals surface area contributed by atoms with Crippen LogP contribution in [0.5, 0.6) is 11.5 Å². The van der Waals surface area contributed by atoms with Crippen molar-refractivity contribution in [3.63, 3.8) is 0 Å². The number of pyridine rings is 1. The number of nitrogens with zero attached hydrogens (tertiary/aromatic N) is 3. The van der Waals surface area contributed by atoms with E-state index in [-0.39, 0.29) is 46.7 Å². The molecular formula is C43H29Cl2F9N4O6. The molecule has 64 heavy (non-hydrogen) atoms. The number of amides is 4. The minimum Gasteiger partial charge on any atom is -0.504 e. The number of rotatable bonds is 7. The predicted molar refractivity (Wildman–Crippen MR) is 210 cm³/mol. The van der Waals surface area contributed by atoms with Gasteiger partial charge in [0.2, 0.25) is 11.8 Å². The Labute approximate surface area is 365 Å². The number of imide groups is 2. The standard InChI is InChI=1S/C43H29Cl2F9N4O6/c1-64-33-12-19(3-11-32(33)59)2-10-29-26-8-9-27-34(38(62)57(36(27)60)25-14-21(41(46,47)48)13-22(15-25)42(49,50)51)28(26)17-30-37(61)58(39(63)40(29,30)20-4-6-24(44)7-5-20)56-35-31(45)16-23(18-55-35)43(52,53)54/h2-8,10-16,18,27-30,34,59H,9,17H2,1H3,(H,55,56)/t27-,28+,29-,30-,34-,40-/m0/s1. The van der Waals surface area contributed by atoms with Crippen molar-refractivity contribution in [2.45, 2.75) is 36.8 Å². The normalized spacial score (nSPS) is 24.8. The molecule has 2 saturated heterocycles. The van der Waals surface area contributed by atoms with E-state index in [0.29, 0.717) is 33.3 Å². The molecule has 4 amide bonds. The Morgan fingerprint density at radius 3 is 2.05 bits per heavy atom. The lowest BCUT2D eigenvalue weighted by Crippen LogP contribution is -2.54. The number of phenols is 1. The fourth-order valence-corrected chi connectivity index (χ4v) is 9.69. The van der Waals surface area contributed by atoms with Gasteiger partial charge in [0.1, 0.15) is 0 Å². The van der Waals surface area contributed by atoms with Gasteiger partial charge in [-0.3, -0.25) is 24.6 Å². The van der Waals surface area contributed by atoms with Gasteiger partial charge < -0.3 is 9.84 Å². The van der Waals surface area contributed by atoms with Crippen molar-refractivity contribution in [2.24, 2.45) is 29.6 Å². The van der Waals surface area contributed by atoms with Crippen LogP contribution in [0.25, 0.3) is 6.08 Å². The number of methoxy groups -OCH3 is 1. The number of hydrogen-bond acceptors (Lipinski definition) is 8. The Balaban J connectivity index is 1.29. The Kier molecular flexibility index (Phi) is 10.8. The lowest BCUT2D eigenvalue weighted by molar-refractivity contribution is -0.143. The van der Waals surface area contributed by atoms with Crippen molar-refractivity contribution < 1.29 is 68.5 Å². The Morgan fingerprint density at radius 1 is 0.812 bits per heavy atom. The number of halogens is 11. The summed E-state index contributed by atoms with van der Waals surface area (Å²) in [5.74, 6) is -11.5. The van der Waals surface area contributed by atoms with Gasteiger partial charge in [0.25, 0.3) is 11.8 Å². The third-order valence-corrected chi connectivity index (χ3v) is 12.7. The van der Waals surface area contributed by atoms with Crippen LogP contribution in [0, 0.1) is 29.6 Å². The summed E-state index contributed by atoms with van der Waals surface area (Å²) in [6, 6.07) is 11.0. The maximum absolute atomic E-state index is 15.3. The molecule has 4 aromatic rings. The van der Waals surface area contributed by atoms with Gasteiger partial charge in [0.05, 0.1) is 57.7 Å². The average molecular weight is 940 g/mol. The molecule has 10 nitrogen and oxygen atoms in total. The van der Waals surface area contributed by atoms with Crippen LogP contribution >= 0.6 is 23.2 Å². The molecule has 3 aromatic carbocycles. The van der Waals surface area contributed by atoms with E-state index in [4.69, 9.17) is 27.9 Å². The molecule has 3 fully saturated rings. The van der Waals surface area contributed by atoms with Gasteiger partial charge in [-0.15, -0.1) is 0 Å². The number of phenolic OH excluding ortho intramolecular Hbond substituents is 1. The van der Waals surface area contributed by atoms with Crippen LogP contribution < -0.4 is 15.1 Å². The maximum Gasteiger partial charge on any atom is 0.417 e. The van der Waals surface area contributed by atoms with Crippen LogP contribution in [0.4, 0.5) is 51.0 Å². The number of anilines is 2. The minimum atomic E-state index is -5.31. The number of aromatic nitrogens is 1. The highest BCUT2D eigenvalue weighted by Gasteiger charge is 2.70. The topological polar surface area (TPSA) is 129 Å². The molecule has 2 aliphatic carbocycles. The first-order valence-corrected chi connectivity index (χ1v) is 19.8. The fraction of sp³-hybridized carbons (Fsp3) is 0.279. The van der Waals surface area contributed by atoms with Crippen molar-refractivity contribution in [1.82, 2.24) is 9.99 Å². The molecule has 1 aromatic heterocycles. The van der Waals surface area contributed by atoms with Crippen LogP contribution in [-0.4, -0.2) is 45.8 Å². The summed E-state index contributed by atoms with van der Waals surface area (Å²) in [6.07, 6.45) is -11.1. The summed E-state index contributed by atoms with van der Waals surface area (Å²) in [4.78, 5) is 62.8. The van der Waals surface area contributed by atoms with Gasteiger partial charge in [0.15, 0.2) is 17.3 Å². The average Bonchev–Trinajstić information content (AvgIpc) is 3.61. The Bertz CT molecular complexity index is 2660. The number of nitrogens with one attached hydrogen (secondary N) is 1. The van der Waals surface area contributed by atoms with E-state index in [9.17, 15) is 59.0 Å². The summed E-state index contributed by atoms with van der Waals surface area (Å²) < 4.78 is 130. The number of fused-ring (bicyclic) bond motifs is 4. The number of hydrogen-bond donors (Lipinski definition) is 2. The van der Waals surface area contributed by atoms with Gasteiger partial charge in [-0.05, 0) is 78.4 Å². The Morgan fingerprint density at radius 2 is 1.45 bits per heavy atom. The maximum atomic E-state index is 15.3. The van der Waals surface area contributed by atoms with Gasteiger partial charge in [-0.1, -0.05) is 65.2 Å². The van der Waals surface area contributed by atoms with E-state index < -0.39 is 117 Å². The van der Waals surface area contributed by atoms with Crippen molar-refractivity contribution in [2.75, 3.05) is 17.4 Å². The quantitative estimate of drug-likeness (QED) is 0.107. The number of ether oxygens (including phenoxy) is 1. The Hall–Kier alpha value is -6.08. The molecule has 21 heteroatoms. The molecule has 4 aliphatic rings. The summed E-state index contributed by atoms with van der Waals surface area (Å²) >= 11 is 12.5. The lowest BCUT2D eigenvalue weighted by Gasteiger charge is -2.49. The highest BCUT2D eigenvalue weighted by Crippen LogP contribution is 2.62. The molecule has 8 rings (SSSR count). The molecule has 0 unspecified atom stereocenters. The van der Waals surface area contributed by atoms with Crippen LogP contribution in [0.3, 0.4) is 0 Å². The predicted octanol–water partition coefficient (Wildman–Crippen LogP) is 9.89. The molecular weight excluding hydrogens is 910 g/mol. The van der Waals surface area contributed by atoms with Gasteiger partial charge in [-0.25, -0.2) is 9.88 Å². The van der Waals surface area contributed by atoms with Crippen molar-refractivity contribution in [3.05, 3.63) is 129 Å². The largest absolute Gasteiger partial charge is 0.504 e. The van der Waals surface area contributed by atoms with E-state index in [1.165, 1.54) is 61.7 Å². The van der Waals surface area contributed by atoms with Crippen molar-refractivity contribution in [3.8, 4) is 11.5 Å². The first-order chi connectivity index (χ1) is 30.0. The number of carbonyl (C=O) groups is 4. The zero-order valence-electron chi connectivity index (χ0n) is 32.4. The second kappa shape index (κ2) is 15.6. The van der Waals surface area contributed by atoms with Crippen LogP contribution in [0.15, 0.2) is 90.7 Å². The second-order valence-electron chi connectivity index (χ2n) is 15.5. The SMILES string of the molecule is COc1cc(C=C[C@H]2C3=CC[C@@H]4C(=O)N(c5cc(C(F)(F)F)cc(C(F)(F)F)c5)C(=O)[C@@H]4[C@@H]3C[C@H]3C(=O)N(Nc4ncc(C(F)(F)F)cc4Cl)C(=O)[C@@]23c2ccc(Cl)cc2)ccc1O. The lowest BCUT2D eigenvalue weighted by atomic mass is 9.50. The van der Waals surface area contributed by atoms with Crippen molar-refractivity contribution >= 4 is 64.4 Å². The van der Waals surface area contributed by atoms with E-state index >= 15 is 4.79 Å². The van der Waals surface area contributed by atoms with Crippen LogP contribution in [0.1, 0.15) is 40.7 Å². The number of allylic oxidation sites excluding steroid dienone is 3. The molecule has 3 heterocycles. The van der Waals surface area contributed by atoms with E-state index in [1.807, 2.05) is 0 Å². The van der Waals surface area contributed by atoms with E-state index in [0.717, 1.165) is 0 Å². The molecule has 2 N–H and O–H groups in total. The van der Waals surface area contributed by atoms with E-state index in [1.54, 1.807) is 6.08 Å². The zero-order valence-corrected chi connectivity index (χ0v) is 34.0. The number of aromatic hydroxyl groups is 1. The smallest absolute Gasteiger partial charge is 0.417 e. The number of hydrazine groups is 1. The van der Waals surface area contributed by atoms with Crippen molar-refractivity contribution in [1.29, 1.82) is 0 Å². The molecule has 6 atom stereocenters. The highest BCUT2D eigenvalue weighted by atomic mass is 35.5. The first kappa shape index (κ1) is 44.5. The number of carbonyl (C=O) groups excluding carboxylic acids is 4. The van der Waals surface area contributed by atoms with Gasteiger partial charge in [-0.2, -0.15) is 44.5 Å². The van der Waals surface area contributed by atoms with E-state index in [2.05, 4.69) is 10.4 Å². The van der Waals surface area contributed by atoms with Crippen LogP contribution in [-0.2, 0) is 43.1 Å².